The molecule has 0 saturated carbocycles. The van der Waals surface area contributed by atoms with Crippen LogP contribution in [0.3, 0.4) is 0 Å². The largest absolute Gasteiger partial charge is 0.491 e. The number of carboxylic acid groups (broad SMARTS) is 1. The predicted molar refractivity (Wildman–Crippen MR) is 71.8 cm³/mol. The van der Waals surface area contributed by atoms with Gasteiger partial charge in [0.2, 0.25) is 0 Å². The number of halogens is 1. The maximum atomic E-state index is 13.1. The summed E-state index contributed by atoms with van der Waals surface area (Å²) in [7, 11) is 0. The number of aldehydes is 1. The number of benzene rings is 1. The fourth-order valence-electron chi connectivity index (χ4n) is 1.70. The maximum absolute atomic E-state index is 13.1. The van der Waals surface area contributed by atoms with E-state index in [1.165, 1.54) is 11.0 Å². The Labute approximate surface area is 117 Å². The minimum atomic E-state index is -1.06. The molecule has 0 bridgehead atoms. The molecule has 1 N–H and O–H groups in total. The van der Waals surface area contributed by atoms with Gasteiger partial charge in [-0.25, -0.2) is 9.18 Å². The average Bonchev–Trinajstić information content (AvgIpc) is 2.32. The first kappa shape index (κ1) is 15.9. The van der Waals surface area contributed by atoms with Crippen LogP contribution in [0.4, 0.5) is 9.18 Å². The molecule has 0 spiro atoms. The molecule has 0 fully saturated rings. The molecule has 5 nitrogen and oxygen atoms in total. The van der Waals surface area contributed by atoms with E-state index in [2.05, 4.69) is 0 Å². The summed E-state index contributed by atoms with van der Waals surface area (Å²) in [6.07, 6.45) is -0.496. The van der Waals surface area contributed by atoms with E-state index < -0.39 is 17.4 Å². The van der Waals surface area contributed by atoms with E-state index in [4.69, 9.17) is 9.84 Å². The number of rotatable bonds is 5. The monoisotopic (exact) mass is 283 g/mol. The first-order valence-corrected chi connectivity index (χ1v) is 6.14. The molecule has 110 valence electrons. The highest BCUT2D eigenvalue weighted by Gasteiger charge is 2.25. The van der Waals surface area contributed by atoms with E-state index in [0.717, 1.165) is 12.1 Å². The second-order valence-corrected chi connectivity index (χ2v) is 5.25. The molecule has 0 atom stereocenters. The van der Waals surface area contributed by atoms with Crippen LogP contribution in [0.15, 0.2) is 18.2 Å². The summed E-state index contributed by atoms with van der Waals surface area (Å²) in [4.78, 5) is 23.1. The lowest BCUT2D eigenvalue weighted by Gasteiger charge is -2.33. The second-order valence-electron chi connectivity index (χ2n) is 5.25. The molecule has 1 rings (SSSR count). The van der Waals surface area contributed by atoms with Gasteiger partial charge in [-0.05, 0) is 32.9 Å². The van der Waals surface area contributed by atoms with Crippen molar-refractivity contribution in [3.05, 3.63) is 29.6 Å². The van der Waals surface area contributed by atoms with Gasteiger partial charge in [0, 0.05) is 11.6 Å². The van der Waals surface area contributed by atoms with Crippen molar-refractivity contribution in [2.75, 3.05) is 13.2 Å². The Hall–Kier alpha value is -2.11. The Kier molecular flexibility index (Phi) is 5.07. The molecule has 1 amide bonds. The van der Waals surface area contributed by atoms with Crippen LogP contribution in [0.2, 0.25) is 0 Å². The van der Waals surface area contributed by atoms with Gasteiger partial charge in [0.15, 0.2) is 6.29 Å². The summed E-state index contributed by atoms with van der Waals surface area (Å²) in [5.74, 6) is -0.407. The zero-order valence-electron chi connectivity index (χ0n) is 11.7. The summed E-state index contributed by atoms with van der Waals surface area (Å²) in [5.41, 5.74) is -0.339. The van der Waals surface area contributed by atoms with Gasteiger partial charge >= 0.3 is 6.09 Å². The third-order valence-corrected chi connectivity index (χ3v) is 2.72. The summed E-state index contributed by atoms with van der Waals surface area (Å²) in [6, 6.07) is 3.58. The van der Waals surface area contributed by atoms with Gasteiger partial charge in [0.25, 0.3) is 0 Å². The molecule has 0 saturated heterocycles. The lowest BCUT2D eigenvalue weighted by Crippen LogP contribution is -2.46. The quantitative estimate of drug-likeness (QED) is 0.844. The predicted octanol–water partition coefficient (Wildman–Crippen LogP) is 2.80. The van der Waals surface area contributed by atoms with Crippen molar-refractivity contribution >= 4 is 12.4 Å². The normalized spacial score (nSPS) is 11.0. The second kappa shape index (κ2) is 6.36. The first-order chi connectivity index (χ1) is 9.25. The molecule has 0 heterocycles. The van der Waals surface area contributed by atoms with Gasteiger partial charge in [0.1, 0.15) is 18.2 Å². The molecule has 1 aromatic carbocycles. The van der Waals surface area contributed by atoms with Crippen molar-refractivity contribution < 1.29 is 23.8 Å². The minimum Gasteiger partial charge on any atom is -0.491 e. The van der Waals surface area contributed by atoms with Crippen molar-refractivity contribution in [3.63, 3.8) is 0 Å². The highest BCUT2D eigenvalue weighted by Crippen LogP contribution is 2.19. The highest BCUT2D eigenvalue weighted by molar-refractivity contribution is 5.79. The van der Waals surface area contributed by atoms with Gasteiger partial charge in [-0.2, -0.15) is 0 Å². The lowest BCUT2D eigenvalue weighted by atomic mass is 10.1. The number of carbonyl (C=O) groups is 2. The third-order valence-electron chi connectivity index (χ3n) is 2.72. The number of hydrogen-bond acceptors (Lipinski definition) is 3. The molecule has 0 aromatic heterocycles. The highest BCUT2D eigenvalue weighted by atomic mass is 19.1. The van der Waals surface area contributed by atoms with Crippen LogP contribution in [0.5, 0.6) is 5.75 Å². The molecule has 0 aliphatic rings. The number of amides is 1. The number of hydrogen-bond donors (Lipinski definition) is 1. The van der Waals surface area contributed by atoms with E-state index in [0.29, 0.717) is 6.29 Å². The summed E-state index contributed by atoms with van der Waals surface area (Å²) >= 11 is 0. The zero-order chi connectivity index (χ0) is 15.3. The van der Waals surface area contributed by atoms with Crippen molar-refractivity contribution in [1.82, 2.24) is 4.90 Å². The van der Waals surface area contributed by atoms with Crippen molar-refractivity contribution in [2.45, 2.75) is 26.3 Å². The molecule has 0 aliphatic heterocycles. The minimum absolute atomic E-state index is 0.0356. The number of nitrogens with zero attached hydrogens (tertiary/aromatic N) is 1. The fraction of sp³-hybridized carbons (Fsp3) is 0.429. The SMILES string of the molecule is CC(C)(C)N(CCOc1cc(F)ccc1C=O)C(=O)O. The van der Waals surface area contributed by atoms with Crippen LogP contribution >= 0.6 is 0 Å². The van der Waals surface area contributed by atoms with E-state index >= 15 is 0 Å². The lowest BCUT2D eigenvalue weighted by molar-refractivity contribution is 0.0886. The molecule has 1 aromatic rings. The van der Waals surface area contributed by atoms with Gasteiger partial charge in [-0.3, -0.25) is 4.79 Å². The Bertz CT molecular complexity index is 496. The summed E-state index contributed by atoms with van der Waals surface area (Å²) < 4.78 is 18.4. The Morgan fingerprint density at radius 3 is 2.60 bits per heavy atom. The average molecular weight is 283 g/mol. The molecule has 0 unspecified atom stereocenters. The van der Waals surface area contributed by atoms with Crippen LogP contribution in [-0.4, -0.2) is 41.1 Å². The maximum Gasteiger partial charge on any atom is 0.407 e. The van der Waals surface area contributed by atoms with Crippen LogP contribution in [0.1, 0.15) is 31.1 Å². The third kappa shape index (κ3) is 4.22. The van der Waals surface area contributed by atoms with Crippen LogP contribution in [0.25, 0.3) is 0 Å². The molecule has 0 radical (unpaired) electrons. The molecule has 6 heteroatoms. The van der Waals surface area contributed by atoms with E-state index in [1.54, 1.807) is 20.8 Å². The Balaban J connectivity index is 2.70. The van der Waals surface area contributed by atoms with Crippen LogP contribution in [0, 0.1) is 5.82 Å². The summed E-state index contributed by atoms with van der Waals surface area (Å²) in [5, 5.41) is 9.11. The Morgan fingerprint density at radius 2 is 2.10 bits per heavy atom. The zero-order valence-corrected chi connectivity index (χ0v) is 11.7. The summed E-state index contributed by atoms with van der Waals surface area (Å²) in [6.45, 7) is 5.45. The molecular formula is C14H18FNO4. The fourth-order valence-corrected chi connectivity index (χ4v) is 1.70. The molecule has 20 heavy (non-hydrogen) atoms. The standard InChI is InChI=1S/C14H18FNO4/c1-14(2,3)16(13(18)19)6-7-20-12-8-11(15)5-4-10(12)9-17/h4-5,8-9H,6-7H2,1-3H3,(H,18,19). The van der Waals surface area contributed by atoms with Crippen LogP contribution in [-0.2, 0) is 0 Å². The van der Waals surface area contributed by atoms with Gasteiger partial charge in [0.05, 0.1) is 12.1 Å². The van der Waals surface area contributed by atoms with E-state index in [9.17, 15) is 14.0 Å². The first-order valence-electron chi connectivity index (χ1n) is 6.14. The van der Waals surface area contributed by atoms with Gasteiger partial charge in [-0.15, -0.1) is 0 Å². The van der Waals surface area contributed by atoms with Gasteiger partial charge < -0.3 is 14.7 Å². The number of carbonyl (C=O) groups excluding carboxylic acids is 1. The van der Waals surface area contributed by atoms with Crippen molar-refractivity contribution in [1.29, 1.82) is 0 Å². The van der Waals surface area contributed by atoms with E-state index in [1.807, 2.05) is 0 Å². The van der Waals surface area contributed by atoms with Gasteiger partial charge in [-0.1, -0.05) is 0 Å². The Morgan fingerprint density at radius 1 is 1.45 bits per heavy atom. The van der Waals surface area contributed by atoms with Crippen LogP contribution < -0.4 is 4.74 Å². The topological polar surface area (TPSA) is 66.8 Å². The van der Waals surface area contributed by atoms with E-state index in [-0.39, 0.29) is 24.5 Å². The molecular weight excluding hydrogens is 265 g/mol. The smallest absolute Gasteiger partial charge is 0.407 e. The molecule has 0 aliphatic carbocycles. The van der Waals surface area contributed by atoms with Crippen molar-refractivity contribution in [3.8, 4) is 5.75 Å². The number of ether oxygens (including phenoxy) is 1. The van der Waals surface area contributed by atoms with Crippen molar-refractivity contribution in [2.24, 2.45) is 0 Å².